The van der Waals surface area contributed by atoms with Crippen LogP contribution in [0.3, 0.4) is 0 Å². The third-order valence-electron chi connectivity index (χ3n) is 1.16. The second-order valence-corrected chi connectivity index (χ2v) is 3.11. The standard InChI is InChI=1S/C6H10ClN3S/c1-2-5-9-6(11-10-5)8-4-3-7/h2-4H2,1H3,(H,8,9,10). The highest BCUT2D eigenvalue weighted by molar-refractivity contribution is 7.09. The average Bonchev–Trinajstić information content (AvgIpc) is 2.48. The van der Waals surface area contributed by atoms with Crippen molar-refractivity contribution in [2.75, 3.05) is 17.7 Å². The van der Waals surface area contributed by atoms with Gasteiger partial charge in [-0.3, -0.25) is 0 Å². The van der Waals surface area contributed by atoms with E-state index in [1.807, 2.05) is 6.92 Å². The summed E-state index contributed by atoms with van der Waals surface area (Å²) in [6, 6.07) is 0. The minimum atomic E-state index is 0.598. The molecule has 0 aliphatic rings. The molecule has 1 aromatic rings. The molecule has 1 aromatic heterocycles. The number of hydrogen-bond donors (Lipinski definition) is 1. The van der Waals surface area contributed by atoms with Crippen LogP contribution in [-0.4, -0.2) is 21.8 Å². The van der Waals surface area contributed by atoms with Crippen molar-refractivity contribution in [1.82, 2.24) is 9.36 Å². The van der Waals surface area contributed by atoms with Crippen molar-refractivity contribution in [2.24, 2.45) is 0 Å². The number of alkyl halides is 1. The number of nitrogens with one attached hydrogen (secondary N) is 1. The highest BCUT2D eigenvalue weighted by Gasteiger charge is 1.99. The van der Waals surface area contributed by atoms with Gasteiger partial charge in [-0.05, 0) is 0 Å². The Morgan fingerprint density at radius 3 is 3.00 bits per heavy atom. The Labute approximate surface area is 75.0 Å². The molecule has 0 atom stereocenters. The molecule has 62 valence electrons. The Hall–Kier alpha value is -0.350. The van der Waals surface area contributed by atoms with Crippen LogP contribution in [-0.2, 0) is 6.42 Å². The van der Waals surface area contributed by atoms with Crippen LogP contribution in [0.4, 0.5) is 5.13 Å². The smallest absolute Gasteiger partial charge is 0.202 e. The van der Waals surface area contributed by atoms with Crippen LogP contribution in [0, 0.1) is 0 Å². The molecule has 0 fully saturated rings. The highest BCUT2D eigenvalue weighted by atomic mass is 35.5. The minimum Gasteiger partial charge on any atom is -0.359 e. The number of nitrogens with zero attached hydrogens (tertiary/aromatic N) is 2. The van der Waals surface area contributed by atoms with E-state index in [4.69, 9.17) is 11.6 Å². The summed E-state index contributed by atoms with van der Waals surface area (Å²) < 4.78 is 4.11. The summed E-state index contributed by atoms with van der Waals surface area (Å²) in [5.41, 5.74) is 0. The molecule has 0 amide bonds. The SMILES string of the molecule is CCc1nsc(NCCCl)n1. The fourth-order valence-corrected chi connectivity index (χ4v) is 1.39. The summed E-state index contributed by atoms with van der Waals surface area (Å²) in [7, 11) is 0. The van der Waals surface area contributed by atoms with Crippen LogP contribution in [0.25, 0.3) is 0 Å². The third kappa shape index (κ3) is 2.63. The summed E-state index contributed by atoms with van der Waals surface area (Å²) in [5, 5.41) is 3.93. The molecule has 0 aromatic carbocycles. The number of aryl methyl sites for hydroxylation is 1. The third-order valence-corrected chi connectivity index (χ3v) is 2.05. The number of hydrogen-bond acceptors (Lipinski definition) is 4. The molecule has 0 unspecified atom stereocenters. The van der Waals surface area contributed by atoms with Gasteiger partial charge in [0, 0.05) is 30.4 Å². The molecule has 0 radical (unpaired) electrons. The Kier molecular flexibility index (Phi) is 3.59. The second-order valence-electron chi connectivity index (χ2n) is 1.99. The topological polar surface area (TPSA) is 37.8 Å². The molecular formula is C6H10ClN3S. The van der Waals surface area contributed by atoms with E-state index in [0.29, 0.717) is 5.88 Å². The Morgan fingerprint density at radius 2 is 2.45 bits per heavy atom. The van der Waals surface area contributed by atoms with Crippen LogP contribution >= 0.6 is 23.1 Å². The summed E-state index contributed by atoms with van der Waals surface area (Å²) in [6.45, 7) is 2.79. The second kappa shape index (κ2) is 4.51. The number of rotatable bonds is 4. The van der Waals surface area contributed by atoms with Gasteiger partial charge >= 0.3 is 0 Å². The first-order valence-electron chi connectivity index (χ1n) is 3.49. The van der Waals surface area contributed by atoms with Gasteiger partial charge in [0.25, 0.3) is 0 Å². The first kappa shape index (κ1) is 8.74. The van der Waals surface area contributed by atoms with Gasteiger partial charge in [-0.1, -0.05) is 6.92 Å². The lowest BCUT2D eigenvalue weighted by Gasteiger charge is -1.94. The lowest BCUT2D eigenvalue weighted by Crippen LogP contribution is -2.01. The predicted molar refractivity (Wildman–Crippen MR) is 48.5 cm³/mol. The van der Waals surface area contributed by atoms with E-state index in [2.05, 4.69) is 14.7 Å². The van der Waals surface area contributed by atoms with Crippen molar-refractivity contribution < 1.29 is 0 Å². The van der Waals surface area contributed by atoms with E-state index in [9.17, 15) is 0 Å². The molecule has 11 heavy (non-hydrogen) atoms. The maximum atomic E-state index is 5.49. The summed E-state index contributed by atoms with van der Waals surface area (Å²) >= 11 is 6.87. The fraction of sp³-hybridized carbons (Fsp3) is 0.667. The van der Waals surface area contributed by atoms with Crippen molar-refractivity contribution in [1.29, 1.82) is 0 Å². The number of anilines is 1. The average molecular weight is 192 g/mol. The Bertz CT molecular complexity index is 213. The van der Waals surface area contributed by atoms with E-state index >= 15 is 0 Å². The number of aromatic nitrogens is 2. The molecular weight excluding hydrogens is 182 g/mol. The highest BCUT2D eigenvalue weighted by Crippen LogP contribution is 2.10. The van der Waals surface area contributed by atoms with Gasteiger partial charge in [0.05, 0.1) is 0 Å². The molecule has 0 saturated carbocycles. The molecule has 0 aliphatic carbocycles. The quantitative estimate of drug-likeness (QED) is 0.737. The van der Waals surface area contributed by atoms with Gasteiger partial charge < -0.3 is 5.32 Å². The van der Waals surface area contributed by atoms with Crippen molar-refractivity contribution >= 4 is 28.3 Å². The van der Waals surface area contributed by atoms with Crippen LogP contribution in [0.15, 0.2) is 0 Å². The minimum absolute atomic E-state index is 0.598. The zero-order chi connectivity index (χ0) is 8.10. The molecule has 5 heteroatoms. The lowest BCUT2D eigenvalue weighted by atomic mass is 10.5. The molecule has 0 spiro atoms. The molecule has 3 nitrogen and oxygen atoms in total. The maximum Gasteiger partial charge on any atom is 0.202 e. The van der Waals surface area contributed by atoms with Crippen LogP contribution in [0.2, 0.25) is 0 Å². The largest absolute Gasteiger partial charge is 0.359 e. The predicted octanol–water partition coefficient (Wildman–Crippen LogP) is 1.75. The molecule has 1 heterocycles. The van der Waals surface area contributed by atoms with Gasteiger partial charge in [-0.15, -0.1) is 11.6 Å². The van der Waals surface area contributed by atoms with Crippen molar-refractivity contribution in [3.8, 4) is 0 Å². The van der Waals surface area contributed by atoms with E-state index in [-0.39, 0.29) is 0 Å². The monoisotopic (exact) mass is 191 g/mol. The molecule has 1 rings (SSSR count). The van der Waals surface area contributed by atoms with Crippen LogP contribution < -0.4 is 5.32 Å². The van der Waals surface area contributed by atoms with Crippen LogP contribution in [0.5, 0.6) is 0 Å². The Morgan fingerprint density at radius 1 is 1.64 bits per heavy atom. The van der Waals surface area contributed by atoms with Gasteiger partial charge in [-0.25, -0.2) is 4.98 Å². The maximum absolute atomic E-state index is 5.49. The molecule has 0 bridgehead atoms. The van der Waals surface area contributed by atoms with Crippen LogP contribution in [0.1, 0.15) is 12.7 Å². The fourth-order valence-electron chi connectivity index (χ4n) is 0.624. The van der Waals surface area contributed by atoms with Gasteiger partial charge in [0.1, 0.15) is 5.82 Å². The van der Waals surface area contributed by atoms with Crippen molar-refractivity contribution in [2.45, 2.75) is 13.3 Å². The molecule has 0 aliphatic heterocycles. The zero-order valence-electron chi connectivity index (χ0n) is 6.30. The van der Waals surface area contributed by atoms with Crippen molar-refractivity contribution in [3.05, 3.63) is 5.82 Å². The zero-order valence-corrected chi connectivity index (χ0v) is 7.87. The molecule has 1 N–H and O–H groups in total. The van der Waals surface area contributed by atoms with Crippen molar-refractivity contribution in [3.63, 3.8) is 0 Å². The van der Waals surface area contributed by atoms with E-state index in [1.165, 1.54) is 11.5 Å². The Balaban J connectivity index is 2.44. The van der Waals surface area contributed by atoms with E-state index in [1.54, 1.807) is 0 Å². The molecule has 0 saturated heterocycles. The van der Waals surface area contributed by atoms with Gasteiger partial charge in [-0.2, -0.15) is 4.37 Å². The first-order valence-corrected chi connectivity index (χ1v) is 4.80. The summed E-state index contributed by atoms with van der Waals surface area (Å²) in [5.74, 6) is 1.49. The number of halogens is 1. The van der Waals surface area contributed by atoms with Gasteiger partial charge in [0.15, 0.2) is 0 Å². The lowest BCUT2D eigenvalue weighted by molar-refractivity contribution is 0.996. The normalized spacial score (nSPS) is 10.0. The van der Waals surface area contributed by atoms with E-state index < -0.39 is 0 Å². The summed E-state index contributed by atoms with van der Waals surface area (Å²) in [4.78, 5) is 4.20. The van der Waals surface area contributed by atoms with Gasteiger partial charge in [0.2, 0.25) is 5.13 Å². The van der Waals surface area contributed by atoms with E-state index in [0.717, 1.165) is 23.9 Å². The summed E-state index contributed by atoms with van der Waals surface area (Å²) in [6.07, 6.45) is 0.888. The first-order chi connectivity index (χ1) is 5.36.